The fraction of sp³-hybridized carbons (Fsp3) is 0.500. The Morgan fingerprint density at radius 3 is 2.67 bits per heavy atom. The van der Waals surface area contributed by atoms with Gasteiger partial charge in [-0.1, -0.05) is 36.7 Å². The van der Waals surface area contributed by atoms with Crippen LogP contribution in [0, 0.1) is 0 Å². The van der Waals surface area contributed by atoms with Crippen molar-refractivity contribution in [3.05, 3.63) is 34.9 Å². The highest BCUT2D eigenvalue weighted by Gasteiger charge is 2.15. The lowest BCUT2D eigenvalue weighted by molar-refractivity contribution is -0.137. The van der Waals surface area contributed by atoms with Crippen LogP contribution < -0.4 is 0 Å². The molecule has 3 nitrogen and oxygen atoms in total. The molecule has 1 aromatic carbocycles. The number of carboxylic acid groups (broad SMARTS) is 1. The third-order valence-corrected chi connectivity index (χ3v) is 3.53. The van der Waals surface area contributed by atoms with Crippen LogP contribution in [0.1, 0.15) is 32.3 Å². The Morgan fingerprint density at radius 2 is 2.11 bits per heavy atom. The fourth-order valence-corrected chi connectivity index (χ4v) is 1.99. The summed E-state index contributed by atoms with van der Waals surface area (Å²) in [6, 6.07) is 8.05. The normalized spacial score (nSPS) is 12.7. The van der Waals surface area contributed by atoms with Gasteiger partial charge in [0, 0.05) is 24.2 Å². The third-order valence-electron chi connectivity index (χ3n) is 3.16. The SMILES string of the molecule is CCC(C)N(CCC(=O)O)Cc1ccccc1Cl. The minimum Gasteiger partial charge on any atom is -0.481 e. The molecule has 0 saturated heterocycles. The lowest BCUT2D eigenvalue weighted by Crippen LogP contribution is -2.34. The number of nitrogens with zero attached hydrogens (tertiary/aromatic N) is 1. The van der Waals surface area contributed by atoms with E-state index in [2.05, 4.69) is 18.7 Å². The van der Waals surface area contributed by atoms with Crippen LogP contribution in [0.5, 0.6) is 0 Å². The van der Waals surface area contributed by atoms with Gasteiger partial charge < -0.3 is 5.11 Å². The van der Waals surface area contributed by atoms with E-state index >= 15 is 0 Å². The average molecular weight is 270 g/mol. The maximum absolute atomic E-state index is 10.7. The first kappa shape index (κ1) is 15.0. The predicted octanol–water partition coefficient (Wildman–Crippen LogP) is 3.42. The van der Waals surface area contributed by atoms with Crippen LogP contribution in [0.4, 0.5) is 0 Å². The Morgan fingerprint density at radius 1 is 1.44 bits per heavy atom. The lowest BCUT2D eigenvalue weighted by atomic mass is 10.1. The molecule has 0 fully saturated rings. The molecule has 0 aliphatic rings. The number of halogens is 1. The van der Waals surface area contributed by atoms with Crippen molar-refractivity contribution in [2.45, 2.75) is 39.3 Å². The van der Waals surface area contributed by atoms with Gasteiger partial charge in [-0.2, -0.15) is 0 Å². The lowest BCUT2D eigenvalue weighted by Gasteiger charge is -2.28. The molecule has 0 aromatic heterocycles. The molecule has 4 heteroatoms. The van der Waals surface area contributed by atoms with E-state index in [1.54, 1.807) is 0 Å². The molecule has 18 heavy (non-hydrogen) atoms. The average Bonchev–Trinajstić information content (AvgIpc) is 2.35. The van der Waals surface area contributed by atoms with Crippen LogP contribution in [-0.4, -0.2) is 28.6 Å². The van der Waals surface area contributed by atoms with E-state index in [-0.39, 0.29) is 6.42 Å². The zero-order valence-electron chi connectivity index (χ0n) is 10.9. The second-order valence-corrected chi connectivity index (χ2v) is 4.87. The fourth-order valence-electron chi connectivity index (χ4n) is 1.80. The number of carboxylic acids is 1. The Labute approximate surface area is 113 Å². The van der Waals surface area contributed by atoms with E-state index in [0.29, 0.717) is 19.1 Å². The van der Waals surface area contributed by atoms with Crippen LogP contribution in [-0.2, 0) is 11.3 Å². The Kier molecular flexibility index (Phi) is 6.16. The zero-order valence-corrected chi connectivity index (χ0v) is 11.7. The molecular weight excluding hydrogens is 250 g/mol. The summed E-state index contributed by atoms with van der Waals surface area (Å²) in [4.78, 5) is 12.8. The van der Waals surface area contributed by atoms with Gasteiger partial charge in [-0.15, -0.1) is 0 Å². The zero-order chi connectivity index (χ0) is 13.5. The molecule has 0 spiro atoms. The van der Waals surface area contributed by atoms with Crippen LogP contribution in [0.2, 0.25) is 5.02 Å². The van der Waals surface area contributed by atoms with Crippen molar-refractivity contribution in [1.82, 2.24) is 4.90 Å². The van der Waals surface area contributed by atoms with Crippen molar-refractivity contribution in [3.8, 4) is 0 Å². The van der Waals surface area contributed by atoms with Crippen molar-refractivity contribution in [2.24, 2.45) is 0 Å². The van der Waals surface area contributed by atoms with Gasteiger partial charge in [0.25, 0.3) is 0 Å². The van der Waals surface area contributed by atoms with Gasteiger partial charge in [0.2, 0.25) is 0 Å². The smallest absolute Gasteiger partial charge is 0.304 e. The molecule has 0 heterocycles. The highest BCUT2D eigenvalue weighted by atomic mass is 35.5. The molecule has 0 saturated carbocycles. The first-order chi connectivity index (χ1) is 8.54. The monoisotopic (exact) mass is 269 g/mol. The van der Waals surface area contributed by atoms with Crippen LogP contribution in [0.3, 0.4) is 0 Å². The van der Waals surface area contributed by atoms with Crippen molar-refractivity contribution in [2.75, 3.05) is 6.54 Å². The summed E-state index contributed by atoms with van der Waals surface area (Å²) in [5, 5.41) is 9.52. The number of hydrogen-bond acceptors (Lipinski definition) is 2. The summed E-state index contributed by atoms with van der Waals surface area (Å²) in [5.74, 6) is -0.762. The molecule has 1 unspecified atom stereocenters. The van der Waals surface area contributed by atoms with Gasteiger partial charge in [-0.3, -0.25) is 9.69 Å². The largest absolute Gasteiger partial charge is 0.481 e. The van der Waals surface area contributed by atoms with E-state index in [1.165, 1.54) is 0 Å². The number of rotatable bonds is 7. The van der Waals surface area contributed by atoms with E-state index < -0.39 is 5.97 Å². The first-order valence-electron chi connectivity index (χ1n) is 6.23. The Bertz CT molecular complexity index is 395. The highest BCUT2D eigenvalue weighted by molar-refractivity contribution is 6.31. The topological polar surface area (TPSA) is 40.5 Å². The van der Waals surface area contributed by atoms with E-state index in [0.717, 1.165) is 17.0 Å². The highest BCUT2D eigenvalue weighted by Crippen LogP contribution is 2.19. The molecular formula is C14H20ClNO2. The minimum atomic E-state index is -0.762. The van der Waals surface area contributed by atoms with Gasteiger partial charge in [0.15, 0.2) is 0 Å². The van der Waals surface area contributed by atoms with E-state index in [4.69, 9.17) is 16.7 Å². The van der Waals surface area contributed by atoms with Crippen molar-refractivity contribution >= 4 is 17.6 Å². The molecule has 1 rings (SSSR count). The number of carbonyl (C=O) groups is 1. The Hall–Kier alpha value is -1.06. The molecule has 0 bridgehead atoms. The summed E-state index contributed by atoms with van der Waals surface area (Å²) in [5.41, 5.74) is 1.05. The molecule has 100 valence electrons. The van der Waals surface area contributed by atoms with Crippen molar-refractivity contribution in [3.63, 3.8) is 0 Å². The molecule has 0 radical (unpaired) electrons. The number of aliphatic carboxylic acids is 1. The summed E-state index contributed by atoms with van der Waals surface area (Å²) >= 11 is 6.14. The number of benzene rings is 1. The maximum atomic E-state index is 10.7. The molecule has 0 aliphatic carbocycles. The predicted molar refractivity (Wildman–Crippen MR) is 73.9 cm³/mol. The molecule has 0 amide bonds. The van der Waals surface area contributed by atoms with Gasteiger partial charge in [-0.25, -0.2) is 0 Å². The van der Waals surface area contributed by atoms with Crippen LogP contribution in [0.25, 0.3) is 0 Å². The van der Waals surface area contributed by atoms with E-state index in [1.807, 2.05) is 24.3 Å². The molecule has 1 atom stereocenters. The second kappa shape index (κ2) is 7.39. The minimum absolute atomic E-state index is 0.162. The summed E-state index contributed by atoms with van der Waals surface area (Å²) in [7, 11) is 0. The van der Waals surface area contributed by atoms with Crippen LogP contribution in [0.15, 0.2) is 24.3 Å². The third kappa shape index (κ3) is 4.67. The van der Waals surface area contributed by atoms with Gasteiger partial charge in [0.1, 0.15) is 0 Å². The summed E-state index contributed by atoms with van der Waals surface area (Å²) in [6.45, 7) is 5.46. The summed E-state index contributed by atoms with van der Waals surface area (Å²) in [6.07, 6.45) is 1.15. The molecule has 0 aliphatic heterocycles. The quantitative estimate of drug-likeness (QED) is 0.825. The van der Waals surface area contributed by atoms with Gasteiger partial charge in [0.05, 0.1) is 6.42 Å². The first-order valence-corrected chi connectivity index (χ1v) is 6.61. The Balaban J connectivity index is 2.72. The number of hydrogen-bond donors (Lipinski definition) is 1. The van der Waals surface area contributed by atoms with Gasteiger partial charge in [-0.05, 0) is 25.0 Å². The molecule has 1 aromatic rings. The second-order valence-electron chi connectivity index (χ2n) is 4.46. The van der Waals surface area contributed by atoms with E-state index in [9.17, 15) is 4.79 Å². The van der Waals surface area contributed by atoms with Crippen molar-refractivity contribution < 1.29 is 9.90 Å². The standard InChI is InChI=1S/C14H20ClNO2/c1-3-11(2)16(9-8-14(17)18)10-12-6-4-5-7-13(12)15/h4-7,11H,3,8-10H2,1-2H3,(H,17,18). The maximum Gasteiger partial charge on any atom is 0.304 e. The summed E-state index contributed by atoms with van der Waals surface area (Å²) < 4.78 is 0. The van der Waals surface area contributed by atoms with Crippen LogP contribution >= 0.6 is 11.6 Å². The van der Waals surface area contributed by atoms with Crippen molar-refractivity contribution in [1.29, 1.82) is 0 Å². The van der Waals surface area contributed by atoms with Gasteiger partial charge >= 0.3 is 5.97 Å². The molecule has 1 N–H and O–H groups in total.